The highest BCUT2D eigenvalue weighted by Crippen LogP contribution is 2.51. The molecule has 0 radical (unpaired) electrons. The van der Waals surface area contributed by atoms with E-state index in [0.717, 1.165) is 56.0 Å². The van der Waals surface area contributed by atoms with Gasteiger partial charge in [0, 0.05) is 17.1 Å². The van der Waals surface area contributed by atoms with Crippen molar-refractivity contribution in [3.8, 4) is 17.0 Å². The predicted molar refractivity (Wildman–Crippen MR) is 105 cm³/mol. The van der Waals surface area contributed by atoms with Crippen LogP contribution in [0.5, 0.6) is 5.75 Å². The van der Waals surface area contributed by atoms with Gasteiger partial charge >= 0.3 is 6.18 Å². The molecule has 2 bridgehead atoms. The topological polar surface area (TPSA) is 71.2 Å². The highest BCUT2D eigenvalue weighted by molar-refractivity contribution is 5.80. The van der Waals surface area contributed by atoms with Crippen molar-refractivity contribution in [1.29, 1.82) is 0 Å². The fourth-order valence-electron chi connectivity index (χ4n) is 5.04. The highest BCUT2D eigenvalue weighted by Gasteiger charge is 2.49. The van der Waals surface area contributed by atoms with E-state index in [1.807, 2.05) is 16.9 Å². The summed E-state index contributed by atoms with van der Waals surface area (Å²) in [6.07, 6.45) is 2.32. The maximum Gasteiger partial charge on any atom is 0.416 e. The average Bonchev–Trinajstić information content (AvgIpc) is 3.12. The Bertz CT molecular complexity index is 1100. The summed E-state index contributed by atoms with van der Waals surface area (Å²) in [6.45, 7) is 1.53. The van der Waals surface area contributed by atoms with Gasteiger partial charge in [0.1, 0.15) is 5.75 Å². The van der Waals surface area contributed by atoms with E-state index in [0.29, 0.717) is 16.9 Å². The maximum absolute atomic E-state index is 13.0. The molecular formula is C22H22F3N3O2. The van der Waals surface area contributed by atoms with E-state index in [9.17, 15) is 23.4 Å². The number of nitrogens with zero attached hydrogens (tertiary/aromatic N) is 3. The number of rotatable bonds is 2. The average molecular weight is 417 g/mol. The molecule has 0 amide bonds. The molecule has 5 nitrogen and oxygen atoms in total. The summed E-state index contributed by atoms with van der Waals surface area (Å²) in [7, 11) is 0. The van der Waals surface area contributed by atoms with E-state index in [4.69, 9.17) is 5.10 Å². The largest absolute Gasteiger partial charge is 0.507 e. The zero-order chi connectivity index (χ0) is 21.3. The summed E-state index contributed by atoms with van der Waals surface area (Å²) < 4.78 is 41.0. The number of aromatic hydroxyl groups is 1. The lowest BCUT2D eigenvalue weighted by Crippen LogP contribution is -2.51. The number of aryl methyl sites for hydroxylation is 1. The lowest BCUT2D eigenvalue weighted by Gasteiger charge is -2.50. The van der Waals surface area contributed by atoms with Gasteiger partial charge in [-0.1, -0.05) is 0 Å². The SMILES string of the molecule is Cc1cc(C(F)(F)F)cc(O)c1-c1ccc2cn(C34CCC(O)(CC3)CC4)nc2n1. The van der Waals surface area contributed by atoms with E-state index >= 15 is 0 Å². The first-order chi connectivity index (χ1) is 14.1. The molecule has 2 aromatic heterocycles. The van der Waals surface area contributed by atoms with Gasteiger partial charge in [-0.05, 0) is 75.3 Å². The maximum atomic E-state index is 13.0. The van der Waals surface area contributed by atoms with Crippen LogP contribution in [0.4, 0.5) is 13.2 Å². The van der Waals surface area contributed by atoms with Crippen LogP contribution >= 0.6 is 0 Å². The molecule has 0 spiro atoms. The van der Waals surface area contributed by atoms with Gasteiger partial charge in [-0.2, -0.15) is 18.3 Å². The highest BCUT2D eigenvalue weighted by atomic mass is 19.4. The number of benzene rings is 1. The molecule has 3 aromatic rings. The monoisotopic (exact) mass is 417 g/mol. The minimum Gasteiger partial charge on any atom is -0.507 e. The van der Waals surface area contributed by atoms with E-state index in [2.05, 4.69) is 4.98 Å². The molecule has 158 valence electrons. The van der Waals surface area contributed by atoms with Gasteiger partial charge < -0.3 is 10.2 Å². The summed E-state index contributed by atoms with van der Waals surface area (Å²) in [5.41, 5.74) is -0.0817. The van der Waals surface area contributed by atoms with Gasteiger partial charge in [0.2, 0.25) is 0 Å². The summed E-state index contributed by atoms with van der Waals surface area (Å²) in [6, 6.07) is 5.28. The molecule has 30 heavy (non-hydrogen) atoms. The number of hydrogen-bond acceptors (Lipinski definition) is 4. The molecule has 0 aliphatic heterocycles. The minimum absolute atomic E-state index is 0.113. The Morgan fingerprint density at radius 2 is 1.70 bits per heavy atom. The number of pyridine rings is 1. The number of alkyl halides is 3. The van der Waals surface area contributed by atoms with Gasteiger partial charge in [0.15, 0.2) is 5.65 Å². The summed E-state index contributed by atoms with van der Waals surface area (Å²) in [4.78, 5) is 4.54. The van der Waals surface area contributed by atoms with Crippen LogP contribution in [-0.2, 0) is 11.7 Å². The van der Waals surface area contributed by atoms with Crippen molar-refractivity contribution in [2.24, 2.45) is 0 Å². The Labute approximate surface area is 171 Å². The number of halogens is 3. The van der Waals surface area contributed by atoms with Crippen LogP contribution in [0.15, 0.2) is 30.5 Å². The molecule has 3 saturated carbocycles. The van der Waals surface area contributed by atoms with Crippen molar-refractivity contribution in [2.75, 3.05) is 0 Å². The third kappa shape index (κ3) is 2.96. The van der Waals surface area contributed by atoms with Crippen LogP contribution in [0.2, 0.25) is 0 Å². The van der Waals surface area contributed by atoms with Crippen molar-refractivity contribution in [3.63, 3.8) is 0 Å². The number of fused-ring (bicyclic) bond motifs is 4. The van der Waals surface area contributed by atoms with Crippen LogP contribution in [0.1, 0.15) is 49.7 Å². The number of phenolic OH excluding ortho intramolecular Hbond substituents is 1. The normalized spacial score (nSPS) is 26.4. The molecule has 3 fully saturated rings. The van der Waals surface area contributed by atoms with Gasteiger partial charge in [0.25, 0.3) is 0 Å². The first-order valence-electron chi connectivity index (χ1n) is 10.1. The van der Waals surface area contributed by atoms with E-state index in [-0.39, 0.29) is 11.1 Å². The molecule has 1 aromatic carbocycles. The van der Waals surface area contributed by atoms with E-state index in [1.54, 1.807) is 6.07 Å². The van der Waals surface area contributed by atoms with Gasteiger partial charge in [0.05, 0.1) is 22.4 Å². The first-order valence-corrected chi connectivity index (χ1v) is 10.1. The smallest absolute Gasteiger partial charge is 0.416 e. The quantitative estimate of drug-likeness (QED) is 0.621. The Balaban J connectivity index is 1.54. The number of phenols is 1. The van der Waals surface area contributed by atoms with Crippen molar-refractivity contribution >= 4 is 11.0 Å². The van der Waals surface area contributed by atoms with Crippen molar-refractivity contribution in [3.05, 3.63) is 41.6 Å². The molecular weight excluding hydrogens is 395 g/mol. The number of hydrogen-bond donors (Lipinski definition) is 2. The van der Waals surface area contributed by atoms with Gasteiger partial charge in [-0.15, -0.1) is 0 Å². The van der Waals surface area contributed by atoms with Gasteiger partial charge in [-0.3, -0.25) is 4.68 Å². The molecule has 3 aliphatic carbocycles. The predicted octanol–water partition coefficient (Wildman–Crippen LogP) is 4.93. The molecule has 3 aliphatic rings. The van der Waals surface area contributed by atoms with Crippen LogP contribution in [0.25, 0.3) is 22.3 Å². The second-order valence-corrected chi connectivity index (χ2v) is 8.82. The molecule has 2 N–H and O–H groups in total. The number of aromatic nitrogens is 3. The molecule has 0 atom stereocenters. The fraction of sp³-hybridized carbons (Fsp3) is 0.455. The Morgan fingerprint density at radius 1 is 1.03 bits per heavy atom. The van der Waals surface area contributed by atoms with Crippen molar-refractivity contribution in [1.82, 2.24) is 14.8 Å². The Morgan fingerprint density at radius 3 is 2.30 bits per heavy atom. The van der Waals surface area contributed by atoms with Crippen molar-refractivity contribution < 1.29 is 23.4 Å². The van der Waals surface area contributed by atoms with Crippen LogP contribution < -0.4 is 0 Å². The molecule has 6 rings (SSSR count). The third-order valence-corrected chi connectivity index (χ3v) is 6.92. The Kier molecular flexibility index (Phi) is 4.00. The Hall–Kier alpha value is -2.61. The van der Waals surface area contributed by atoms with Crippen LogP contribution in [0, 0.1) is 6.92 Å². The third-order valence-electron chi connectivity index (χ3n) is 6.92. The summed E-state index contributed by atoms with van der Waals surface area (Å²) in [5.74, 6) is -0.453. The molecule has 2 heterocycles. The van der Waals surface area contributed by atoms with E-state index < -0.39 is 23.1 Å². The zero-order valence-electron chi connectivity index (χ0n) is 16.5. The van der Waals surface area contributed by atoms with Crippen LogP contribution in [-0.4, -0.2) is 30.6 Å². The lowest BCUT2D eigenvalue weighted by atomic mass is 9.63. The lowest BCUT2D eigenvalue weighted by molar-refractivity contribution is -0.137. The summed E-state index contributed by atoms with van der Waals surface area (Å²) >= 11 is 0. The van der Waals surface area contributed by atoms with Crippen molar-refractivity contribution in [2.45, 2.75) is 62.8 Å². The second kappa shape index (κ2) is 6.20. The number of aliphatic hydroxyl groups is 1. The standard InChI is InChI=1S/C22H22F3N3O2/c1-13-10-15(22(23,24)25)11-17(29)18(13)16-3-2-14-12-28(27-19(14)26-16)20-4-7-21(30,8-5-20)9-6-20/h2-3,10-12,29-30H,4-9H2,1H3. The minimum atomic E-state index is -4.53. The van der Waals surface area contributed by atoms with Crippen LogP contribution in [0.3, 0.4) is 0 Å². The fourth-order valence-corrected chi connectivity index (χ4v) is 5.04. The second-order valence-electron chi connectivity index (χ2n) is 8.82. The summed E-state index contributed by atoms with van der Waals surface area (Å²) in [5, 5.41) is 26.3. The first kappa shape index (κ1) is 19.4. The molecule has 0 unspecified atom stereocenters. The van der Waals surface area contributed by atoms with Gasteiger partial charge in [-0.25, -0.2) is 4.98 Å². The molecule has 8 heteroatoms. The zero-order valence-corrected chi connectivity index (χ0v) is 16.5. The van der Waals surface area contributed by atoms with E-state index in [1.165, 1.54) is 6.92 Å². The molecule has 0 saturated heterocycles.